The van der Waals surface area contributed by atoms with Gasteiger partial charge in [-0.2, -0.15) is 0 Å². The first kappa shape index (κ1) is 15.1. The minimum atomic E-state index is -1.10. The van der Waals surface area contributed by atoms with Crippen LogP contribution in [0.3, 0.4) is 0 Å². The Morgan fingerprint density at radius 3 is 2.35 bits per heavy atom. The van der Waals surface area contributed by atoms with E-state index < -0.39 is 27.7 Å². The van der Waals surface area contributed by atoms with Crippen LogP contribution in [0.15, 0.2) is 30.3 Å². The van der Waals surface area contributed by atoms with Crippen LogP contribution in [0.1, 0.15) is 20.3 Å². The second kappa shape index (κ2) is 5.26. The standard InChI is InChI=1S/C14H15Cl2NO3/c1-9(11(18)17-10-6-4-3-5-7-10)20-12(19)13(2)8-14(13,15)16/h3-7,9H,8H2,1-2H3,(H,17,18)/t9-,13-/m1/s1. The quantitative estimate of drug-likeness (QED) is 0.686. The number of hydrogen-bond donors (Lipinski definition) is 1. The summed E-state index contributed by atoms with van der Waals surface area (Å²) >= 11 is 11.8. The molecule has 1 fully saturated rings. The van der Waals surface area contributed by atoms with E-state index in [1.54, 1.807) is 31.2 Å². The maximum atomic E-state index is 11.9. The predicted molar refractivity (Wildman–Crippen MR) is 77.8 cm³/mol. The molecule has 1 aliphatic rings. The van der Waals surface area contributed by atoms with Crippen LogP contribution in [-0.4, -0.2) is 22.3 Å². The summed E-state index contributed by atoms with van der Waals surface area (Å²) in [6.07, 6.45) is -0.584. The smallest absolute Gasteiger partial charge is 0.315 e. The summed E-state index contributed by atoms with van der Waals surface area (Å²) in [5.41, 5.74) is -0.292. The van der Waals surface area contributed by atoms with Crippen LogP contribution < -0.4 is 5.32 Å². The monoisotopic (exact) mass is 315 g/mol. The number of para-hydroxylation sites is 1. The third kappa shape index (κ3) is 2.91. The molecular formula is C14H15Cl2NO3. The van der Waals surface area contributed by atoms with E-state index in [1.165, 1.54) is 6.92 Å². The number of carbonyl (C=O) groups excluding carboxylic acids is 2. The molecule has 2 atom stereocenters. The molecule has 0 bridgehead atoms. The van der Waals surface area contributed by atoms with Gasteiger partial charge in [0.15, 0.2) is 6.10 Å². The lowest BCUT2D eigenvalue weighted by molar-refractivity contribution is -0.158. The number of alkyl halides is 2. The first-order valence-corrected chi connectivity index (χ1v) is 6.97. The number of anilines is 1. The highest BCUT2D eigenvalue weighted by atomic mass is 35.5. The zero-order chi connectivity index (χ0) is 15.0. The van der Waals surface area contributed by atoms with Crippen molar-refractivity contribution in [3.8, 4) is 0 Å². The third-order valence-corrected chi connectivity index (χ3v) is 4.50. The Labute approximate surface area is 127 Å². The number of carbonyl (C=O) groups is 2. The summed E-state index contributed by atoms with van der Waals surface area (Å²) in [7, 11) is 0. The zero-order valence-corrected chi connectivity index (χ0v) is 12.7. The highest BCUT2D eigenvalue weighted by Gasteiger charge is 2.69. The molecule has 20 heavy (non-hydrogen) atoms. The van der Waals surface area contributed by atoms with Crippen molar-refractivity contribution in [3.05, 3.63) is 30.3 Å². The van der Waals surface area contributed by atoms with Gasteiger partial charge in [0.1, 0.15) is 9.75 Å². The molecule has 6 heteroatoms. The van der Waals surface area contributed by atoms with E-state index in [1.807, 2.05) is 6.07 Å². The van der Waals surface area contributed by atoms with Crippen LogP contribution in [0, 0.1) is 5.41 Å². The summed E-state index contributed by atoms with van der Waals surface area (Å²) in [6, 6.07) is 8.93. The van der Waals surface area contributed by atoms with Crippen molar-refractivity contribution in [3.63, 3.8) is 0 Å². The van der Waals surface area contributed by atoms with Gasteiger partial charge >= 0.3 is 5.97 Å². The molecule has 0 heterocycles. The van der Waals surface area contributed by atoms with E-state index in [-0.39, 0.29) is 0 Å². The molecule has 1 amide bonds. The van der Waals surface area contributed by atoms with Gasteiger partial charge in [-0.1, -0.05) is 18.2 Å². The van der Waals surface area contributed by atoms with Crippen molar-refractivity contribution in [2.45, 2.75) is 30.7 Å². The Hall–Kier alpha value is -1.26. The summed E-state index contributed by atoms with van der Waals surface area (Å²) in [5, 5.41) is 2.66. The Morgan fingerprint density at radius 2 is 1.85 bits per heavy atom. The molecule has 0 unspecified atom stereocenters. The van der Waals surface area contributed by atoms with Crippen LogP contribution >= 0.6 is 23.2 Å². The van der Waals surface area contributed by atoms with E-state index in [0.717, 1.165) is 0 Å². The van der Waals surface area contributed by atoms with E-state index in [2.05, 4.69) is 5.32 Å². The van der Waals surface area contributed by atoms with Crippen molar-refractivity contribution in [1.29, 1.82) is 0 Å². The molecule has 2 rings (SSSR count). The van der Waals surface area contributed by atoms with Crippen LogP contribution in [0.2, 0.25) is 0 Å². The van der Waals surface area contributed by atoms with Crippen molar-refractivity contribution >= 4 is 40.8 Å². The summed E-state index contributed by atoms with van der Waals surface area (Å²) in [5.74, 6) is -0.957. The topological polar surface area (TPSA) is 55.4 Å². The second-order valence-corrected chi connectivity index (χ2v) is 6.60. The molecule has 1 aromatic rings. The molecule has 0 saturated heterocycles. The van der Waals surface area contributed by atoms with Gasteiger partial charge in [-0.3, -0.25) is 9.59 Å². The Bertz CT molecular complexity index is 532. The maximum absolute atomic E-state index is 11.9. The Kier molecular flexibility index (Phi) is 3.98. The van der Waals surface area contributed by atoms with Crippen LogP contribution in [0.4, 0.5) is 5.69 Å². The molecule has 0 aliphatic heterocycles. The van der Waals surface area contributed by atoms with Crippen molar-refractivity contribution in [1.82, 2.24) is 0 Å². The van der Waals surface area contributed by atoms with E-state index in [0.29, 0.717) is 12.1 Å². The predicted octanol–water partition coefficient (Wildman–Crippen LogP) is 3.14. The maximum Gasteiger partial charge on any atom is 0.315 e. The Morgan fingerprint density at radius 1 is 1.30 bits per heavy atom. The Balaban J connectivity index is 1.91. The molecule has 0 aromatic heterocycles. The molecule has 0 radical (unpaired) electrons. The lowest BCUT2D eigenvalue weighted by Gasteiger charge is -2.17. The molecule has 1 N–H and O–H groups in total. The lowest BCUT2D eigenvalue weighted by Crippen LogP contribution is -2.33. The number of nitrogens with one attached hydrogen (secondary N) is 1. The molecule has 4 nitrogen and oxygen atoms in total. The molecule has 1 aromatic carbocycles. The first-order chi connectivity index (χ1) is 9.26. The number of amides is 1. The number of benzene rings is 1. The number of ether oxygens (including phenoxy) is 1. The number of esters is 1. The highest BCUT2D eigenvalue weighted by Crippen LogP contribution is 2.64. The normalized spacial score (nSPS) is 24.6. The summed E-state index contributed by atoms with van der Waals surface area (Å²) < 4.78 is 4.03. The van der Waals surface area contributed by atoms with Crippen LogP contribution in [0.25, 0.3) is 0 Å². The fourth-order valence-corrected chi connectivity index (χ4v) is 2.42. The van der Waals surface area contributed by atoms with Crippen molar-refractivity contribution in [2.24, 2.45) is 5.41 Å². The lowest BCUT2D eigenvalue weighted by atomic mass is 10.1. The highest BCUT2D eigenvalue weighted by molar-refractivity contribution is 6.53. The zero-order valence-electron chi connectivity index (χ0n) is 11.2. The number of halogens is 2. The van der Waals surface area contributed by atoms with Crippen molar-refractivity contribution in [2.75, 3.05) is 5.32 Å². The number of hydrogen-bond acceptors (Lipinski definition) is 3. The SMILES string of the molecule is C[C@@H](OC(=O)[C@@]1(C)CC1(Cl)Cl)C(=O)Nc1ccccc1. The van der Waals surface area contributed by atoms with Crippen LogP contribution in [-0.2, 0) is 14.3 Å². The van der Waals surface area contributed by atoms with Gasteiger partial charge in [-0.25, -0.2) is 0 Å². The van der Waals surface area contributed by atoms with Gasteiger partial charge in [0.05, 0.1) is 0 Å². The second-order valence-electron chi connectivity index (χ2n) is 5.12. The molecule has 1 saturated carbocycles. The van der Waals surface area contributed by atoms with Gasteiger partial charge in [0.2, 0.25) is 0 Å². The van der Waals surface area contributed by atoms with E-state index >= 15 is 0 Å². The van der Waals surface area contributed by atoms with Crippen molar-refractivity contribution < 1.29 is 14.3 Å². The van der Waals surface area contributed by atoms with Gasteiger partial charge in [-0.15, -0.1) is 23.2 Å². The van der Waals surface area contributed by atoms with Gasteiger partial charge < -0.3 is 10.1 Å². The third-order valence-electron chi connectivity index (χ3n) is 3.40. The summed E-state index contributed by atoms with van der Waals surface area (Å²) in [6.45, 7) is 3.13. The fourth-order valence-electron chi connectivity index (χ4n) is 1.73. The minimum absolute atomic E-state index is 0.328. The van der Waals surface area contributed by atoms with Gasteiger partial charge in [0.25, 0.3) is 5.91 Å². The van der Waals surface area contributed by atoms with E-state index in [9.17, 15) is 9.59 Å². The van der Waals surface area contributed by atoms with Crippen LogP contribution in [0.5, 0.6) is 0 Å². The van der Waals surface area contributed by atoms with Gasteiger partial charge in [-0.05, 0) is 26.0 Å². The van der Waals surface area contributed by atoms with E-state index in [4.69, 9.17) is 27.9 Å². The fraction of sp³-hybridized carbons (Fsp3) is 0.429. The molecule has 1 aliphatic carbocycles. The first-order valence-electron chi connectivity index (χ1n) is 6.21. The number of rotatable bonds is 4. The molecule has 0 spiro atoms. The van der Waals surface area contributed by atoms with Gasteiger partial charge in [0, 0.05) is 12.1 Å². The molecule has 108 valence electrons. The summed E-state index contributed by atoms with van der Waals surface area (Å²) in [4.78, 5) is 23.8. The average molecular weight is 316 g/mol. The minimum Gasteiger partial charge on any atom is -0.452 e. The molecular weight excluding hydrogens is 301 g/mol. The largest absolute Gasteiger partial charge is 0.452 e. The average Bonchev–Trinajstić information content (AvgIpc) is 2.91.